The first-order valence-corrected chi connectivity index (χ1v) is 6.22. The summed E-state index contributed by atoms with van der Waals surface area (Å²) in [6.45, 7) is 8.88. The van der Waals surface area contributed by atoms with E-state index in [1.54, 1.807) is 0 Å². The minimum Gasteiger partial charge on any atom is -0.380 e. The number of nitrogens with two attached hydrogens (primary N) is 1. The van der Waals surface area contributed by atoms with Crippen LogP contribution in [0.15, 0.2) is 0 Å². The Labute approximate surface area is 93.0 Å². The van der Waals surface area contributed by atoms with E-state index in [0.29, 0.717) is 5.41 Å². The molecule has 0 saturated carbocycles. The summed E-state index contributed by atoms with van der Waals surface area (Å²) in [5.41, 5.74) is 6.16. The van der Waals surface area contributed by atoms with Gasteiger partial charge in [0.25, 0.3) is 0 Å². The topological polar surface area (TPSA) is 38.5 Å². The molecule has 0 radical (unpaired) electrons. The van der Waals surface area contributed by atoms with Crippen molar-refractivity contribution in [1.82, 2.24) is 4.90 Å². The Bertz CT molecular complexity index is 196. The molecule has 2 aliphatic heterocycles. The first-order valence-electron chi connectivity index (χ1n) is 6.22. The Kier molecular flexibility index (Phi) is 3.65. The normalized spacial score (nSPS) is 27.6. The zero-order valence-electron chi connectivity index (χ0n) is 9.87. The van der Waals surface area contributed by atoms with Gasteiger partial charge in [0.2, 0.25) is 0 Å². The van der Waals surface area contributed by atoms with E-state index < -0.39 is 0 Å². The van der Waals surface area contributed by atoms with Gasteiger partial charge < -0.3 is 15.4 Å². The van der Waals surface area contributed by atoms with Crippen LogP contribution >= 0.6 is 0 Å². The maximum atomic E-state index is 5.69. The SMILES string of the molecule is CC1(CCN2CCC(CN)CC2)COC1. The van der Waals surface area contributed by atoms with Crippen LogP contribution in [0.3, 0.4) is 0 Å². The zero-order valence-corrected chi connectivity index (χ0v) is 9.87. The summed E-state index contributed by atoms with van der Waals surface area (Å²) in [5.74, 6) is 0.781. The molecule has 2 fully saturated rings. The highest BCUT2D eigenvalue weighted by Gasteiger charge is 2.33. The van der Waals surface area contributed by atoms with E-state index in [1.807, 2.05) is 0 Å². The minimum atomic E-state index is 0.477. The summed E-state index contributed by atoms with van der Waals surface area (Å²) in [6, 6.07) is 0. The van der Waals surface area contributed by atoms with Crippen molar-refractivity contribution in [2.24, 2.45) is 17.1 Å². The van der Waals surface area contributed by atoms with Crippen molar-refractivity contribution in [3.05, 3.63) is 0 Å². The number of nitrogens with zero attached hydrogens (tertiary/aromatic N) is 1. The van der Waals surface area contributed by atoms with Crippen LogP contribution in [0.1, 0.15) is 26.2 Å². The molecule has 3 nitrogen and oxygen atoms in total. The fourth-order valence-electron chi connectivity index (χ4n) is 2.47. The molecule has 0 spiro atoms. The van der Waals surface area contributed by atoms with Gasteiger partial charge in [-0.2, -0.15) is 0 Å². The molecule has 3 heteroatoms. The molecular formula is C12H24N2O. The summed E-state index contributed by atoms with van der Waals surface area (Å²) in [5, 5.41) is 0. The lowest BCUT2D eigenvalue weighted by molar-refractivity contribution is -0.109. The molecule has 0 aromatic heterocycles. The smallest absolute Gasteiger partial charge is 0.0542 e. The van der Waals surface area contributed by atoms with Crippen LogP contribution in [0, 0.1) is 11.3 Å². The Hall–Kier alpha value is -0.120. The molecule has 88 valence electrons. The van der Waals surface area contributed by atoms with Crippen molar-refractivity contribution in [2.45, 2.75) is 26.2 Å². The highest BCUT2D eigenvalue weighted by Crippen LogP contribution is 2.31. The second-order valence-corrected chi connectivity index (χ2v) is 5.57. The monoisotopic (exact) mass is 212 g/mol. The van der Waals surface area contributed by atoms with Gasteiger partial charge in [0.15, 0.2) is 0 Å². The van der Waals surface area contributed by atoms with Crippen molar-refractivity contribution < 1.29 is 4.74 Å². The van der Waals surface area contributed by atoms with Crippen molar-refractivity contribution in [3.63, 3.8) is 0 Å². The molecular weight excluding hydrogens is 188 g/mol. The van der Waals surface area contributed by atoms with Crippen molar-refractivity contribution in [3.8, 4) is 0 Å². The summed E-state index contributed by atoms with van der Waals surface area (Å²) in [7, 11) is 0. The summed E-state index contributed by atoms with van der Waals surface area (Å²) in [6.07, 6.45) is 3.88. The fourth-order valence-corrected chi connectivity index (χ4v) is 2.47. The van der Waals surface area contributed by atoms with Crippen molar-refractivity contribution in [1.29, 1.82) is 0 Å². The lowest BCUT2D eigenvalue weighted by Crippen LogP contribution is -2.44. The third kappa shape index (κ3) is 2.92. The molecule has 0 aromatic carbocycles. The first kappa shape index (κ1) is 11.4. The quantitative estimate of drug-likeness (QED) is 0.758. The molecule has 0 bridgehead atoms. The number of hydrogen-bond acceptors (Lipinski definition) is 3. The van der Waals surface area contributed by atoms with E-state index >= 15 is 0 Å². The van der Waals surface area contributed by atoms with E-state index in [9.17, 15) is 0 Å². The second-order valence-electron chi connectivity index (χ2n) is 5.57. The lowest BCUT2D eigenvalue weighted by atomic mass is 9.84. The van der Waals surface area contributed by atoms with Crippen LogP contribution < -0.4 is 5.73 Å². The molecule has 2 heterocycles. The van der Waals surface area contributed by atoms with Crippen LogP contribution in [0.4, 0.5) is 0 Å². The van der Waals surface area contributed by atoms with Gasteiger partial charge in [-0.15, -0.1) is 0 Å². The van der Waals surface area contributed by atoms with Gasteiger partial charge in [0.05, 0.1) is 13.2 Å². The van der Waals surface area contributed by atoms with Crippen molar-refractivity contribution >= 4 is 0 Å². The van der Waals surface area contributed by atoms with E-state index in [4.69, 9.17) is 10.5 Å². The van der Waals surface area contributed by atoms with E-state index in [-0.39, 0.29) is 0 Å². The predicted molar refractivity (Wildman–Crippen MR) is 61.8 cm³/mol. The molecule has 2 N–H and O–H groups in total. The molecule has 0 atom stereocenters. The van der Waals surface area contributed by atoms with Gasteiger partial charge in [-0.1, -0.05) is 6.92 Å². The first-order chi connectivity index (χ1) is 7.22. The molecule has 15 heavy (non-hydrogen) atoms. The zero-order chi connectivity index (χ0) is 10.7. The van der Waals surface area contributed by atoms with Gasteiger partial charge in [-0.05, 0) is 51.4 Å². The summed E-state index contributed by atoms with van der Waals surface area (Å²) >= 11 is 0. The molecule has 0 unspecified atom stereocenters. The lowest BCUT2D eigenvalue weighted by Gasteiger charge is -2.40. The number of piperidine rings is 1. The van der Waals surface area contributed by atoms with Gasteiger partial charge in [-0.25, -0.2) is 0 Å². The summed E-state index contributed by atoms with van der Waals surface area (Å²) < 4.78 is 5.28. The Morgan fingerprint density at radius 1 is 1.33 bits per heavy atom. The van der Waals surface area contributed by atoms with Gasteiger partial charge in [-0.3, -0.25) is 0 Å². The van der Waals surface area contributed by atoms with Crippen LogP contribution in [-0.4, -0.2) is 44.3 Å². The Morgan fingerprint density at radius 3 is 2.47 bits per heavy atom. The fraction of sp³-hybridized carbons (Fsp3) is 1.00. The second kappa shape index (κ2) is 4.81. The molecule has 0 aromatic rings. The number of ether oxygens (including phenoxy) is 1. The van der Waals surface area contributed by atoms with Crippen LogP contribution in [-0.2, 0) is 4.74 Å². The maximum absolute atomic E-state index is 5.69. The van der Waals surface area contributed by atoms with Gasteiger partial charge in [0, 0.05) is 5.41 Å². The molecule has 0 aliphatic carbocycles. The van der Waals surface area contributed by atoms with E-state index in [0.717, 1.165) is 25.7 Å². The minimum absolute atomic E-state index is 0.477. The Morgan fingerprint density at radius 2 is 2.00 bits per heavy atom. The van der Waals surface area contributed by atoms with E-state index in [1.165, 1.54) is 38.9 Å². The largest absolute Gasteiger partial charge is 0.380 e. The predicted octanol–water partition coefficient (Wildman–Crippen LogP) is 1.08. The van der Waals surface area contributed by atoms with Gasteiger partial charge >= 0.3 is 0 Å². The van der Waals surface area contributed by atoms with Crippen LogP contribution in [0.2, 0.25) is 0 Å². The number of likely N-dealkylation sites (tertiary alicyclic amines) is 1. The number of hydrogen-bond donors (Lipinski definition) is 1. The highest BCUT2D eigenvalue weighted by molar-refractivity contribution is 4.82. The summed E-state index contributed by atoms with van der Waals surface area (Å²) in [4.78, 5) is 2.59. The highest BCUT2D eigenvalue weighted by atomic mass is 16.5. The molecule has 2 rings (SSSR count). The van der Waals surface area contributed by atoms with Crippen LogP contribution in [0.25, 0.3) is 0 Å². The van der Waals surface area contributed by atoms with Gasteiger partial charge in [0.1, 0.15) is 0 Å². The third-order valence-corrected chi connectivity index (χ3v) is 3.97. The third-order valence-electron chi connectivity index (χ3n) is 3.97. The Balaban J connectivity index is 1.64. The average molecular weight is 212 g/mol. The molecule has 2 aliphatic rings. The molecule has 2 saturated heterocycles. The van der Waals surface area contributed by atoms with Crippen LogP contribution in [0.5, 0.6) is 0 Å². The van der Waals surface area contributed by atoms with Crippen molar-refractivity contribution in [2.75, 3.05) is 39.4 Å². The average Bonchev–Trinajstić information content (AvgIpc) is 2.24. The number of rotatable bonds is 4. The standard InChI is InChI=1S/C12H24N2O/c1-12(9-15-10-12)4-7-14-5-2-11(8-13)3-6-14/h11H,2-10,13H2,1H3. The van der Waals surface area contributed by atoms with E-state index in [2.05, 4.69) is 11.8 Å². The maximum Gasteiger partial charge on any atom is 0.0542 e. The molecule has 0 amide bonds.